The molecule has 4 aromatic rings. The molecule has 0 aliphatic carbocycles. The van der Waals surface area contributed by atoms with E-state index in [1.807, 2.05) is 19.1 Å². The normalized spacial score (nSPS) is 11.8. The molecule has 4 rings (SSSR count). The number of benzene rings is 2. The van der Waals surface area contributed by atoms with E-state index < -0.39 is 17.7 Å². The fraction of sp³-hybridized carbons (Fsp3) is 0.217. The van der Waals surface area contributed by atoms with Crippen molar-refractivity contribution in [2.75, 3.05) is 0 Å². The first-order valence-electron chi connectivity index (χ1n) is 9.77. The van der Waals surface area contributed by atoms with Crippen LogP contribution in [0, 0.1) is 6.92 Å². The van der Waals surface area contributed by atoms with Crippen molar-refractivity contribution in [2.24, 2.45) is 7.05 Å². The van der Waals surface area contributed by atoms with Crippen molar-refractivity contribution >= 4 is 16.9 Å². The summed E-state index contributed by atoms with van der Waals surface area (Å²) >= 11 is 0. The molecule has 0 amide bonds. The van der Waals surface area contributed by atoms with Crippen molar-refractivity contribution in [1.82, 2.24) is 14.3 Å². The molecule has 1 N–H and O–H groups in total. The Morgan fingerprint density at radius 2 is 1.84 bits per heavy atom. The molecule has 166 valence electrons. The number of ether oxygens (including phenoxy) is 1. The average Bonchev–Trinajstić information content (AvgIpc) is 3.25. The van der Waals surface area contributed by atoms with Gasteiger partial charge in [-0.1, -0.05) is 12.1 Å². The van der Waals surface area contributed by atoms with Crippen LogP contribution in [0.5, 0.6) is 5.75 Å². The van der Waals surface area contributed by atoms with E-state index in [0.29, 0.717) is 17.0 Å². The zero-order valence-electron chi connectivity index (χ0n) is 17.3. The second kappa shape index (κ2) is 8.07. The Morgan fingerprint density at radius 1 is 1.12 bits per heavy atom. The molecule has 0 fully saturated rings. The van der Waals surface area contributed by atoms with Crippen LogP contribution < -0.4 is 4.74 Å². The number of rotatable bonds is 6. The van der Waals surface area contributed by atoms with Crippen LogP contribution in [0.25, 0.3) is 22.2 Å². The Morgan fingerprint density at radius 3 is 2.50 bits per heavy atom. The highest BCUT2D eigenvalue weighted by Gasteiger charge is 2.30. The number of aryl methyl sites for hydroxylation is 1. The third-order valence-corrected chi connectivity index (χ3v) is 5.34. The maximum atomic E-state index is 12.8. The molecule has 2 aromatic heterocycles. The van der Waals surface area contributed by atoms with Gasteiger partial charge in [0.05, 0.1) is 22.5 Å². The van der Waals surface area contributed by atoms with Crippen molar-refractivity contribution in [1.29, 1.82) is 0 Å². The van der Waals surface area contributed by atoms with Gasteiger partial charge in [0, 0.05) is 30.4 Å². The SMILES string of the molecule is Cc1c(-c2ccc(C(F)(F)F)cc2)nn(C)c1COc1ccc2ccn(CC(=O)O)c2c1. The molecule has 0 aliphatic rings. The molecular formula is C23H20F3N3O3. The minimum absolute atomic E-state index is 0.149. The number of halogens is 3. The Balaban J connectivity index is 1.56. The highest BCUT2D eigenvalue weighted by atomic mass is 19.4. The quantitative estimate of drug-likeness (QED) is 0.454. The molecule has 32 heavy (non-hydrogen) atoms. The van der Waals surface area contributed by atoms with Gasteiger partial charge in [0.1, 0.15) is 18.9 Å². The molecule has 0 saturated heterocycles. The van der Waals surface area contributed by atoms with Crippen molar-refractivity contribution in [3.63, 3.8) is 0 Å². The van der Waals surface area contributed by atoms with Gasteiger partial charge in [-0.15, -0.1) is 0 Å². The molecular weight excluding hydrogens is 423 g/mol. The number of fused-ring (bicyclic) bond motifs is 1. The van der Waals surface area contributed by atoms with Crippen LogP contribution in [0.15, 0.2) is 54.7 Å². The number of alkyl halides is 3. The monoisotopic (exact) mass is 443 g/mol. The van der Waals surface area contributed by atoms with Crippen LogP contribution in [-0.2, 0) is 31.2 Å². The van der Waals surface area contributed by atoms with Crippen molar-refractivity contribution in [2.45, 2.75) is 26.3 Å². The minimum Gasteiger partial charge on any atom is -0.487 e. The summed E-state index contributed by atoms with van der Waals surface area (Å²) in [5, 5.41) is 14.4. The highest BCUT2D eigenvalue weighted by molar-refractivity contribution is 5.83. The van der Waals surface area contributed by atoms with Gasteiger partial charge in [-0.05, 0) is 42.6 Å². The van der Waals surface area contributed by atoms with Gasteiger partial charge in [0.25, 0.3) is 0 Å². The molecule has 0 atom stereocenters. The van der Waals surface area contributed by atoms with Gasteiger partial charge >= 0.3 is 12.1 Å². The van der Waals surface area contributed by atoms with Gasteiger partial charge in [0.15, 0.2) is 0 Å². The van der Waals surface area contributed by atoms with Gasteiger partial charge in [-0.3, -0.25) is 9.48 Å². The molecule has 0 radical (unpaired) electrons. The van der Waals surface area contributed by atoms with E-state index in [1.54, 1.807) is 34.6 Å². The predicted octanol–water partition coefficient (Wildman–Crippen LogP) is 5.03. The van der Waals surface area contributed by atoms with Crippen LogP contribution >= 0.6 is 0 Å². The van der Waals surface area contributed by atoms with Gasteiger partial charge in [0.2, 0.25) is 0 Å². The topological polar surface area (TPSA) is 69.3 Å². The summed E-state index contributed by atoms with van der Waals surface area (Å²) in [5.41, 5.74) is 2.80. The lowest BCUT2D eigenvalue weighted by molar-refractivity contribution is -0.138. The Hall–Kier alpha value is -3.75. The van der Waals surface area contributed by atoms with E-state index in [2.05, 4.69) is 5.10 Å². The summed E-state index contributed by atoms with van der Waals surface area (Å²) < 4.78 is 47.7. The molecule has 0 spiro atoms. The van der Waals surface area contributed by atoms with Gasteiger partial charge in [-0.25, -0.2) is 0 Å². The summed E-state index contributed by atoms with van der Waals surface area (Å²) in [6.07, 6.45) is -2.67. The summed E-state index contributed by atoms with van der Waals surface area (Å²) in [5.74, 6) is -0.366. The highest BCUT2D eigenvalue weighted by Crippen LogP contribution is 2.32. The zero-order chi connectivity index (χ0) is 23.0. The maximum absolute atomic E-state index is 12.8. The standard InChI is InChI=1S/C23H20F3N3O3/c1-14-20(28(2)27-22(14)16-3-6-17(7-4-16)23(24,25)26)13-32-18-8-5-15-9-10-29(12-21(30)31)19(15)11-18/h3-11H,12-13H2,1-2H3,(H,30,31). The van der Waals surface area contributed by atoms with E-state index in [-0.39, 0.29) is 13.2 Å². The van der Waals surface area contributed by atoms with Gasteiger partial charge in [-0.2, -0.15) is 18.3 Å². The van der Waals surface area contributed by atoms with Crippen LogP contribution in [0.2, 0.25) is 0 Å². The molecule has 0 bridgehead atoms. The van der Waals surface area contributed by atoms with Gasteiger partial charge < -0.3 is 14.4 Å². The van der Waals surface area contributed by atoms with Crippen LogP contribution in [0.4, 0.5) is 13.2 Å². The van der Waals surface area contributed by atoms with Crippen molar-refractivity contribution < 1.29 is 27.8 Å². The van der Waals surface area contributed by atoms with E-state index in [9.17, 15) is 18.0 Å². The molecule has 0 unspecified atom stereocenters. The van der Waals surface area contributed by atoms with Crippen LogP contribution in [0.3, 0.4) is 0 Å². The second-order valence-electron chi connectivity index (χ2n) is 7.47. The molecule has 6 nitrogen and oxygen atoms in total. The third-order valence-electron chi connectivity index (χ3n) is 5.34. The number of aromatic nitrogens is 3. The number of aliphatic carboxylic acids is 1. The zero-order valence-corrected chi connectivity index (χ0v) is 17.3. The fourth-order valence-electron chi connectivity index (χ4n) is 3.65. The van der Waals surface area contributed by atoms with E-state index in [0.717, 1.165) is 34.3 Å². The number of carboxylic acids is 1. The van der Waals surface area contributed by atoms with E-state index in [4.69, 9.17) is 9.84 Å². The van der Waals surface area contributed by atoms with E-state index >= 15 is 0 Å². The number of carbonyl (C=O) groups is 1. The first-order valence-corrected chi connectivity index (χ1v) is 9.77. The van der Waals surface area contributed by atoms with Crippen LogP contribution in [0.1, 0.15) is 16.8 Å². The minimum atomic E-state index is -4.39. The first kappa shape index (κ1) is 21.5. The van der Waals surface area contributed by atoms with Crippen molar-refractivity contribution in [3.8, 4) is 17.0 Å². The molecule has 0 saturated carbocycles. The van der Waals surface area contributed by atoms with Crippen LogP contribution in [-0.4, -0.2) is 25.4 Å². The molecule has 2 heterocycles. The number of carboxylic acid groups (broad SMARTS) is 1. The third kappa shape index (κ3) is 4.18. The Labute approximate surface area is 181 Å². The lowest BCUT2D eigenvalue weighted by Gasteiger charge is -2.09. The Bertz CT molecular complexity index is 1290. The first-order chi connectivity index (χ1) is 15.1. The Kier molecular flexibility index (Phi) is 5.41. The average molecular weight is 443 g/mol. The smallest absolute Gasteiger partial charge is 0.416 e. The summed E-state index contributed by atoms with van der Waals surface area (Å²) in [4.78, 5) is 11.1. The summed E-state index contributed by atoms with van der Waals surface area (Å²) in [6.45, 7) is 1.89. The fourth-order valence-corrected chi connectivity index (χ4v) is 3.65. The summed E-state index contributed by atoms with van der Waals surface area (Å²) in [7, 11) is 1.75. The maximum Gasteiger partial charge on any atom is 0.416 e. The largest absolute Gasteiger partial charge is 0.487 e. The number of nitrogens with zero attached hydrogens (tertiary/aromatic N) is 3. The predicted molar refractivity (Wildman–Crippen MR) is 112 cm³/mol. The second-order valence-corrected chi connectivity index (χ2v) is 7.47. The number of hydrogen-bond acceptors (Lipinski definition) is 3. The van der Waals surface area contributed by atoms with E-state index in [1.165, 1.54) is 12.1 Å². The van der Waals surface area contributed by atoms with Crippen molar-refractivity contribution in [3.05, 3.63) is 71.5 Å². The molecule has 9 heteroatoms. The molecule has 0 aliphatic heterocycles. The lowest BCUT2D eigenvalue weighted by Crippen LogP contribution is -2.07. The lowest BCUT2D eigenvalue weighted by atomic mass is 10.0. The summed E-state index contributed by atoms with van der Waals surface area (Å²) in [6, 6.07) is 12.2. The number of hydrogen-bond donors (Lipinski definition) is 1. The molecule has 2 aromatic carbocycles.